The molecule has 3 aliphatic rings. The van der Waals surface area contributed by atoms with Crippen LogP contribution in [0, 0.1) is 0 Å². The summed E-state index contributed by atoms with van der Waals surface area (Å²) in [7, 11) is -3.46. The number of allylic oxidation sites excluding steroid dienone is 2. The zero-order valence-electron chi connectivity index (χ0n) is 16.1. The predicted octanol–water partition coefficient (Wildman–Crippen LogP) is 3.60. The van der Waals surface area contributed by atoms with Crippen molar-refractivity contribution in [2.75, 3.05) is 32.7 Å². The van der Waals surface area contributed by atoms with Gasteiger partial charge in [0, 0.05) is 24.6 Å². The Balaban J connectivity index is 1.66. The summed E-state index contributed by atoms with van der Waals surface area (Å²) in [5.74, 6) is 1.08. The molecule has 28 heavy (non-hydrogen) atoms. The fourth-order valence-corrected chi connectivity index (χ4v) is 5.50. The lowest BCUT2D eigenvalue weighted by atomic mass is 9.83. The lowest BCUT2D eigenvalue weighted by molar-refractivity contribution is -0.113. The van der Waals surface area contributed by atoms with Gasteiger partial charge in [-0.3, -0.25) is 9.36 Å². The van der Waals surface area contributed by atoms with Crippen molar-refractivity contribution in [3.8, 4) is 11.5 Å². The van der Waals surface area contributed by atoms with Crippen LogP contribution in [0.25, 0.3) is 0 Å². The number of carbonyl (C=O) groups is 1. The standard InChI is InChI=1S/C20H24NO6P/c1-3-26-28(23,27-4-2)12-18(22)15-6-5-7-21-10-14-8-19-20(25-13-24-19)9-16(14)17(15)11-21/h5-9,17H,3-4,10-13H2,1-2H3/t17-/m1/s1. The van der Waals surface area contributed by atoms with E-state index >= 15 is 0 Å². The van der Waals surface area contributed by atoms with Crippen LogP contribution in [0.4, 0.5) is 0 Å². The van der Waals surface area contributed by atoms with Crippen molar-refractivity contribution in [1.29, 1.82) is 0 Å². The number of ketones is 1. The molecule has 4 rings (SSSR count). The molecule has 0 fully saturated rings. The first kappa shape index (κ1) is 19.2. The van der Waals surface area contributed by atoms with E-state index in [4.69, 9.17) is 18.5 Å². The molecule has 1 aromatic carbocycles. The Kier molecular flexibility index (Phi) is 5.32. The molecule has 0 saturated carbocycles. The molecule has 0 radical (unpaired) electrons. The molecular weight excluding hydrogens is 381 g/mol. The fourth-order valence-electron chi connectivity index (χ4n) is 3.92. The first-order valence-corrected chi connectivity index (χ1v) is 11.2. The van der Waals surface area contributed by atoms with Crippen molar-refractivity contribution in [2.24, 2.45) is 0 Å². The van der Waals surface area contributed by atoms with E-state index in [-0.39, 0.29) is 37.9 Å². The maximum Gasteiger partial charge on any atom is 0.338 e. The number of carbonyl (C=O) groups excluding carboxylic acids is 1. The first-order chi connectivity index (χ1) is 13.5. The second-order valence-electron chi connectivity index (χ2n) is 6.88. The largest absolute Gasteiger partial charge is 0.454 e. The summed E-state index contributed by atoms with van der Waals surface area (Å²) in [6.07, 6.45) is 5.40. The van der Waals surface area contributed by atoms with Gasteiger partial charge in [-0.15, -0.1) is 0 Å². The molecule has 8 heteroatoms. The monoisotopic (exact) mass is 405 g/mol. The summed E-state index contributed by atoms with van der Waals surface area (Å²) in [4.78, 5) is 15.3. The highest BCUT2D eigenvalue weighted by Crippen LogP contribution is 2.50. The maximum absolute atomic E-state index is 13.2. The van der Waals surface area contributed by atoms with Crippen LogP contribution in [0.2, 0.25) is 0 Å². The van der Waals surface area contributed by atoms with Crippen molar-refractivity contribution in [3.05, 3.63) is 47.2 Å². The van der Waals surface area contributed by atoms with E-state index in [9.17, 15) is 9.36 Å². The predicted molar refractivity (Wildman–Crippen MR) is 104 cm³/mol. The van der Waals surface area contributed by atoms with Gasteiger partial charge in [0.05, 0.1) is 13.2 Å². The van der Waals surface area contributed by atoms with Crippen LogP contribution in [0.15, 0.2) is 36.1 Å². The molecule has 150 valence electrons. The summed E-state index contributed by atoms with van der Waals surface area (Å²) in [5.41, 5.74) is 2.76. The third kappa shape index (κ3) is 3.62. The van der Waals surface area contributed by atoms with Crippen molar-refractivity contribution >= 4 is 13.4 Å². The van der Waals surface area contributed by atoms with E-state index in [0.29, 0.717) is 17.9 Å². The Hall–Kier alpha value is -2.08. The molecule has 0 spiro atoms. The van der Waals surface area contributed by atoms with Crippen LogP contribution in [0.5, 0.6) is 11.5 Å². The van der Waals surface area contributed by atoms with E-state index in [1.54, 1.807) is 13.8 Å². The summed E-state index contributed by atoms with van der Waals surface area (Å²) in [5, 5.41) is 0. The van der Waals surface area contributed by atoms with Gasteiger partial charge in [-0.05, 0) is 49.4 Å². The van der Waals surface area contributed by atoms with Gasteiger partial charge >= 0.3 is 7.60 Å². The second kappa shape index (κ2) is 7.74. The van der Waals surface area contributed by atoms with Crippen LogP contribution >= 0.6 is 7.60 Å². The molecule has 0 aromatic heterocycles. The highest BCUT2D eigenvalue weighted by molar-refractivity contribution is 7.54. The Bertz CT molecular complexity index is 883. The molecule has 0 saturated heterocycles. The molecule has 3 heterocycles. The van der Waals surface area contributed by atoms with Crippen molar-refractivity contribution in [2.45, 2.75) is 26.3 Å². The molecular formula is C20H24NO6P. The summed E-state index contributed by atoms with van der Waals surface area (Å²) in [6.45, 7) is 5.56. The van der Waals surface area contributed by atoms with Crippen molar-refractivity contribution < 1.29 is 27.9 Å². The maximum atomic E-state index is 13.2. The topological polar surface area (TPSA) is 74.3 Å². The number of hydrogen-bond donors (Lipinski definition) is 0. The van der Waals surface area contributed by atoms with E-state index in [2.05, 4.69) is 4.90 Å². The normalized spacial score (nSPS) is 19.9. The average Bonchev–Trinajstić information content (AvgIpc) is 3.02. The summed E-state index contributed by atoms with van der Waals surface area (Å²) >= 11 is 0. The van der Waals surface area contributed by atoms with E-state index < -0.39 is 7.60 Å². The minimum Gasteiger partial charge on any atom is -0.454 e. The third-order valence-corrected chi connectivity index (χ3v) is 7.04. The number of nitrogens with zero attached hydrogens (tertiary/aromatic N) is 1. The molecule has 3 aliphatic heterocycles. The molecule has 0 N–H and O–H groups in total. The molecule has 0 amide bonds. The minimum absolute atomic E-state index is 0.141. The van der Waals surface area contributed by atoms with E-state index in [1.165, 1.54) is 0 Å². The minimum atomic E-state index is -3.46. The molecule has 2 bridgehead atoms. The first-order valence-electron chi connectivity index (χ1n) is 9.49. The summed E-state index contributed by atoms with van der Waals surface area (Å²) < 4.78 is 34.5. The quantitative estimate of drug-likeness (QED) is 0.642. The van der Waals surface area contributed by atoms with Gasteiger partial charge in [-0.2, -0.15) is 0 Å². The van der Waals surface area contributed by atoms with Gasteiger partial charge in [0.25, 0.3) is 0 Å². The highest BCUT2D eigenvalue weighted by atomic mass is 31.2. The molecule has 1 aromatic rings. The van der Waals surface area contributed by atoms with Crippen molar-refractivity contribution in [1.82, 2.24) is 4.90 Å². The Labute approximate surface area is 164 Å². The van der Waals surface area contributed by atoms with Gasteiger partial charge in [0.15, 0.2) is 17.3 Å². The lowest BCUT2D eigenvalue weighted by Crippen LogP contribution is -2.32. The highest BCUT2D eigenvalue weighted by Gasteiger charge is 2.36. The number of Topliss-reactive ketones (excluding diaryl/α,β-unsaturated/α-hetero) is 1. The fraction of sp³-hybridized carbons (Fsp3) is 0.450. The number of rotatable bonds is 7. The van der Waals surface area contributed by atoms with E-state index in [0.717, 1.165) is 23.4 Å². The van der Waals surface area contributed by atoms with Crippen LogP contribution < -0.4 is 9.47 Å². The number of hydrogen-bond acceptors (Lipinski definition) is 7. The van der Waals surface area contributed by atoms with Gasteiger partial charge in [-0.1, -0.05) is 6.08 Å². The molecule has 0 aliphatic carbocycles. The van der Waals surface area contributed by atoms with Gasteiger partial charge in [0.1, 0.15) is 6.16 Å². The Morgan fingerprint density at radius 3 is 2.64 bits per heavy atom. The Morgan fingerprint density at radius 1 is 1.21 bits per heavy atom. The lowest BCUT2D eigenvalue weighted by Gasteiger charge is -2.34. The Morgan fingerprint density at radius 2 is 1.93 bits per heavy atom. The smallest absolute Gasteiger partial charge is 0.338 e. The van der Waals surface area contributed by atoms with E-state index in [1.807, 2.05) is 30.5 Å². The van der Waals surface area contributed by atoms with Gasteiger partial charge in [0.2, 0.25) is 6.79 Å². The number of ether oxygens (including phenoxy) is 2. The molecule has 0 unspecified atom stereocenters. The second-order valence-corrected chi connectivity index (χ2v) is 8.93. The summed E-state index contributed by atoms with van der Waals surface area (Å²) in [6, 6.07) is 3.96. The van der Waals surface area contributed by atoms with Crippen molar-refractivity contribution in [3.63, 3.8) is 0 Å². The zero-order chi connectivity index (χ0) is 19.7. The number of benzene rings is 1. The van der Waals surface area contributed by atoms with Gasteiger partial charge < -0.3 is 23.4 Å². The van der Waals surface area contributed by atoms with Crippen LogP contribution in [0.3, 0.4) is 0 Å². The van der Waals surface area contributed by atoms with Crippen LogP contribution in [-0.2, 0) is 25.0 Å². The third-order valence-electron chi connectivity index (χ3n) is 5.06. The SMILES string of the molecule is CCOP(=O)(CC(=O)C1=CC=CN2Cc3cc4c(cc3[C@@H]1C2)OCO4)OCC. The zero-order valence-corrected chi connectivity index (χ0v) is 16.9. The number of fused-ring (bicyclic) bond motifs is 5. The van der Waals surface area contributed by atoms with Crippen LogP contribution in [-0.4, -0.2) is 43.4 Å². The molecule has 1 atom stereocenters. The van der Waals surface area contributed by atoms with Gasteiger partial charge in [-0.25, -0.2) is 0 Å². The average molecular weight is 405 g/mol. The molecule has 7 nitrogen and oxygen atoms in total. The van der Waals surface area contributed by atoms with Crippen LogP contribution in [0.1, 0.15) is 30.9 Å².